The molecular weight excluding hydrogens is 228 g/mol. The number of hydrogen-bond donors (Lipinski definition) is 2. The highest BCUT2D eigenvalue weighted by atomic mass is 16.3. The summed E-state index contributed by atoms with van der Waals surface area (Å²) in [6.45, 7) is 0.885. The molecule has 4 nitrogen and oxygen atoms in total. The summed E-state index contributed by atoms with van der Waals surface area (Å²) in [5.41, 5.74) is 6.95. The van der Waals surface area contributed by atoms with E-state index in [1.807, 2.05) is 17.0 Å². The van der Waals surface area contributed by atoms with Crippen LogP contribution in [0.5, 0.6) is 0 Å². The van der Waals surface area contributed by atoms with Gasteiger partial charge in [-0.25, -0.2) is 0 Å². The highest BCUT2D eigenvalue weighted by Gasteiger charge is 2.27. The van der Waals surface area contributed by atoms with E-state index < -0.39 is 0 Å². The Hall–Kier alpha value is -1.55. The van der Waals surface area contributed by atoms with Crippen molar-refractivity contribution in [1.29, 1.82) is 0 Å². The molecule has 4 heteroatoms. The van der Waals surface area contributed by atoms with Crippen LogP contribution < -0.4 is 5.73 Å². The molecule has 0 aliphatic carbocycles. The quantitative estimate of drug-likeness (QED) is 0.799. The van der Waals surface area contributed by atoms with Crippen molar-refractivity contribution in [2.75, 3.05) is 18.9 Å². The van der Waals surface area contributed by atoms with E-state index in [2.05, 4.69) is 0 Å². The lowest BCUT2D eigenvalue weighted by atomic mass is 9.98. The molecule has 1 amide bonds. The first-order valence-corrected chi connectivity index (χ1v) is 6.50. The van der Waals surface area contributed by atoms with E-state index >= 15 is 0 Å². The van der Waals surface area contributed by atoms with Crippen molar-refractivity contribution in [2.24, 2.45) is 0 Å². The largest absolute Gasteiger partial charge is 0.398 e. The molecule has 0 aromatic heterocycles. The van der Waals surface area contributed by atoms with Gasteiger partial charge in [-0.05, 0) is 37.8 Å². The van der Waals surface area contributed by atoms with Crippen LogP contribution in [0.2, 0.25) is 0 Å². The van der Waals surface area contributed by atoms with Gasteiger partial charge in [0.1, 0.15) is 0 Å². The molecule has 0 bridgehead atoms. The fourth-order valence-electron chi connectivity index (χ4n) is 2.56. The molecule has 1 atom stereocenters. The summed E-state index contributed by atoms with van der Waals surface area (Å²) in [5.74, 6) is -0.00810. The van der Waals surface area contributed by atoms with Gasteiger partial charge in [-0.3, -0.25) is 4.79 Å². The average molecular weight is 248 g/mol. The second-order valence-corrected chi connectivity index (χ2v) is 4.75. The number of nitrogens with two attached hydrogens (primary N) is 1. The zero-order valence-electron chi connectivity index (χ0n) is 10.5. The number of likely N-dealkylation sites (tertiary alicyclic amines) is 1. The van der Waals surface area contributed by atoms with Gasteiger partial charge in [0.05, 0.1) is 5.56 Å². The van der Waals surface area contributed by atoms with E-state index in [0.29, 0.717) is 17.7 Å². The number of carbonyl (C=O) groups excluding carboxylic acids is 1. The summed E-state index contributed by atoms with van der Waals surface area (Å²) in [4.78, 5) is 14.3. The van der Waals surface area contributed by atoms with Crippen molar-refractivity contribution in [3.63, 3.8) is 0 Å². The molecule has 1 heterocycles. The predicted molar refractivity (Wildman–Crippen MR) is 71.2 cm³/mol. The van der Waals surface area contributed by atoms with E-state index in [9.17, 15) is 4.79 Å². The summed E-state index contributed by atoms with van der Waals surface area (Å²) in [6, 6.07) is 7.32. The topological polar surface area (TPSA) is 66.6 Å². The van der Waals surface area contributed by atoms with E-state index in [1.54, 1.807) is 12.1 Å². The van der Waals surface area contributed by atoms with Gasteiger partial charge in [-0.1, -0.05) is 12.1 Å². The van der Waals surface area contributed by atoms with Gasteiger partial charge >= 0.3 is 0 Å². The number of benzene rings is 1. The number of piperidine rings is 1. The lowest BCUT2D eigenvalue weighted by Gasteiger charge is -2.35. The molecule has 0 unspecified atom stereocenters. The van der Waals surface area contributed by atoms with Crippen LogP contribution in [0.3, 0.4) is 0 Å². The Morgan fingerprint density at radius 3 is 2.89 bits per heavy atom. The van der Waals surface area contributed by atoms with Gasteiger partial charge in [-0.15, -0.1) is 0 Å². The zero-order chi connectivity index (χ0) is 13.0. The minimum absolute atomic E-state index is 0.00810. The first-order valence-electron chi connectivity index (χ1n) is 6.50. The summed E-state index contributed by atoms with van der Waals surface area (Å²) < 4.78 is 0. The molecule has 2 rings (SSSR count). The van der Waals surface area contributed by atoms with Crippen molar-refractivity contribution in [2.45, 2.75) is 31.7 Å². The number of nitrogens with zero attached hydrogens (tertiary/aromatic N) is 1. The van der Waals surface area contributed by atoms with Crippen molar-refractivity contribution in [3.8, 4) is 0 Å². The third-order valence-electron chi connectivity index (χ3n) is 3.54. The van der Waals surface area contributed by atoms with Crippen molar-refractivity contribution < 1.29 is 9.90 Å². The standard InChI is InChI=1S/C14H20N2O2/c15-13-7-2-1-6-12(13)14(18)16-9-4-3-5-11(16)8-10-17/h1-2,6-7,11,17H,3-5,8-10,15H2/t11-/m1/s1. The van der Waals surface area contributed by atoms with E-state index in [4.69, 9.17) is 10.8 Å². The Labute approximate surface area is 107 Å². The number of para-hydroxylation sites is 1. The summed E-state index contributed by atoms with van der Waals surface area (Å²) >= 11 is 0. The molecule has 18 heavy (non-hydrogen) atoms. The van der Waals surface area contributed by atoms with Crippen LogP contribution in [-0.4, -0.2) is 35.1 Å². The maximum atomic E-state index is 12.5. The minimum Gasteiger partial charge on any atom is -0.398 e. The molecule has 1 aromatic rings. The van der Waals surface area contributed by atoms with E-state index in [1.165, 1.54) is 0 Å². The SMILES string of the molecule is Nc1ccccc1C(=O)N1CCCC[C@@H]1CCO. The third kappa shape index (κ3) is 2.64. The van der Waals surface area contributed by atoms with Gasteiger partial charge in [-0.2, -0.15) is 0 Å². The van der Waals surface area contributed by atoms with Gasteiger partial charge in [0.25, 0.3) is 5.91 Å². The number of aliphatic hydroxyl groups excluding tert-OH is 1. The lowest BCUT2D eigenvalue weighted by Crippen LogP contribution is -2.44. The fourth-order valence-corrected chi connectivity index (χ4v) is 2.56. The molecule has 0 radical (unpaired) electrons. The molecule has 0 spiro atoms. The van der Waals surface area contributed by atoms with Gasteiger partial charge in [0.15, 0.2) is 0 Å². The normalized spacial score (nSPS) is 19.8. The Kier molecular flexibility index (Phi) is 4.20. The van der Waals surface area contributed by atoms with Crippen molar-refractivity contribution in [3.05, 3.63) is 29.8 Å². The van der Waals surface area contributed by atoms with E-state index in [0.717, 1.165) is 25.8 Å². The fraction of sp³-hybridized carbons (Fsp3) is 0.500. The maximum Gasteiger partial charge on any atom is 0.256 e. The van der Waals surface area contributed by atoms with Crippen LogP contribution in [0.25, 0.3) is 0 Å². The first kappa shape index (κ1) is 12.9. The molecule has 0 saturated carbocycles. The van der Waals surface area contributed by atoms with Gasteiger partial charge in [0, 0.05) is 24.9 Å². The van der Waals surface area contributed by atoms with Crippen LogP contribution >= 0.6 is 0 Å². The zero-order valence-corrected chi connectivity index (χ0v) is 10.5. The highest BCUT2D eigenvalue weighted by Crippen LogP contribution is 2.23. The van der Waals surface area contributed by atoms with Crippen LogP contribution in [0.4, 0.5) is 5.69 Å². The third-order valence-corrected chi connectivity index (χ3v) is 3.54. The Bertz CT molecular complexity index is 418. The number of nitrogen functional groups attached to an aromatic ring is 1. The number of rotatable bonds is 3. The predicted octanol–water partition coefficient (Wildman–Crippen LogP) is 1.65. The summed E-state index contributed by atoms with van der Waals surface area (Å²) in [6.07, 6.45) is 3.77. The second kappa shape index (κ2) is 5.87. The maximum absolute atomic E-state index is 12.5. The molecule has 1 aliphatic rings. The lowest BCUT2D eigenvalue weighted by molar-refractivity contribution is 0.0575. The number of amides is 1. The number of anilines is 1. The molecule has 3 N–H and O–H groups in total. The summed E-state index contributed by atoms with van der Waals surface area (Å²) in [7, 11) is 0. The Balaban J connectivity index is 2.18. The molecular formula is C14H20N2O2. The molecule has 1 aliphatic heterocycles. The number of carbonyl (C=O) groups is 1. The number of aliphatic hydroxyl groups is 1. The summed E-state index contributed by atoms with van der Waals surface area (Å²) in [5, 5.41) is 9.08. The van der Waals surface area contributed by atoms with Gasteiger partial charge < -0.3 is 15.7 Å². The molecule has 1 aromatic carbocycles. The first-order chi connectivity index (χ1) is 8.74. The van der Waals surface area contributed by atoms with Gasteiger partial charge in [0.2, 0.25) is 0 Å². The molecule has 98 valence electrons. The number of hydrogen-bond acceptors (Lipinski definition) is 3. The minimum atomic E-state index is -0.00810. The van der Waals surface area contributed by atoms with Crippen LogP contribution in [0, 0.1) is 0 Å². The average Bonchev–Trinajstić information content (AvgIpc) is 2.40. The van der Waals surface area contributed by atoms with E-state index in [-0.39, 0.29) is 18.6 Å². The van der Waals surface area contributed by atoms with Crippen LogP contribution in [-0.2, 0) is 0 Å². The van der Waals surface area contributed by atoms with Crippen molar-refractivity contribution in [1.82, 2.24) is 4.90 Å². The molecule has 1 fully saturated rings. The van der Waals surface area contributed by atoms with Crippen LogP contribution in [0.15, 0.2) is 24.3 Å². The monoisotopic (exact) mass is 248 g/mol. The molecule has 1 saturated heterocycles. The van der Waals surface area contributed by atoms with Crippen LogP contribution in [0.1, 0.15) is 36.0 Å². The smallest absolute Gasteiger partial charge is 0.256 e. The highest BCUT2D eigenvalue weighted by molar-refractivity contribution is 5.99. The second-order valence-electron chi connectivity index (χ2n) is 4.75. The van der Waals surface area contributed by atoms with Crippen molar-refractivity contribution >= 4 is 11.6 Å². The Morgan fingerprint density at radius 1 is 1.39 bits per heavy atom. The Morgan fingerprint density at radius 2 is 2.17 bits per heavy atom.